The minimum atomic E-state index is -1.16. The van der Waals surface area contributed by atoms with Gasteiger partial charge in [0.25, 0.3) is 0 Å². The largest absolute Gasteiger partial charge is 0.478 e. The molecule has 0 unspecified atom stereocenters. The maximum Gasteiger partial charge on any atom is 0.328 e. The van der Waals surface area contributed by atoms with Gasteiger partial charge >= 0.3 is 5.97 Å². The van der Waals surface area contributed by atoms with Crippen LogP contribution in [0.2, 0.25) is 5.02 Å². The molecule has 1 N–H and O–H groups in total. The van der Waals surface area contributed by atoms with E-state index in [9.17, 15) is 9.59 Å². The topological polar surface area (TPSA) is 63.6 Å². The van der Waals surface area contributed by atoms with Crippen molar-refractivity contribution < 1.29 is 19.4 Å². The zero-order valence-corrected chi connectivity index (χ0v) is 12.5. The van der Waals surface area contributed by atoms with Gasteiger partial charge in [-0.2, -0.15) is 0 Å². The van der Waals surface area contributed by atoms with Crippen molar-refractivity contribution in [2.24, 2.45) is 0 Å². The summed E-state index contributed by atoms with van der Waals surface area (Å²) in [5, 5.41) is 9.16. The Hall–Kier alpha value is -2.59. The molecule has 4 nitrogen and oxygen atoms in total. The van der Waals surface area contributed by atoms with Gasteiger partial charge in [0.2, 0.25) is 0 Å². The van der Waals surface area contributed by atoms with E-state index in [-0.39, 0.29) is 5.78 Å². The Bertz CT molecular complexity index is 733. The van der Waals surface area contributed by atoms with E-state index >= 15 is 0 Å². The number of carbonyl (C=O) groups excluding carboxylic acids is 1. The number of hydrogen-bond acceptors (Lipinski definition) is 3. The fraction of sp³-hybridized carbons (Fsp3) is 0.0588. The Labute approximate surface area is 132 Å². The summed E-state index contributed by atoms with van der Waals surface area (Å²) >= 11 is 5.95. The monoisotopic (exact) mass is 316 g/mol. The molecule has 0 spiro atoms. The number of aryl methyl sites for hydroxylation is 1. The number of allylic oxidation sites excluding steroid dienone is 1. The molecule has 2 rings (SSSR count). The lowest BCUT2D eigenvalue weighted by Crippen LogP contribution is -1.96. The van der Waals surface area contributed by atoms with Gasteiger partial charge in [0, 0.05) is 16.7 Å². The predicted molar refractivity (Wildman–Crippen MR) is 83.8 cm³/mol. The van der Waals surface area contributed by atoms with Gasteiger partial charge in [-0.1, -0.05) is 11.6 Å². The van der Waals surface area contributed by atoms with E-state index in [0.717, 1.165) is 17.7 Å². The first-order chi connectivity index (χ1) is 10.5. The molecule has 0 fully saturated rings. The van der Waals surface area contributed by atoms with E-state index in [0.29, 0.717) is 22.1 Å². The van der Waals surface area contributed by atoms with Crippen molar-refractivity contribution in [2.45, 2.75) is 6.92 Å². The third kappa shape index (κ3) is 4.20. The fourth-order valence-corrected chi connectivity index (χ4v) is 1.86. The number of carboxylic acids is 1. The van der Waals surface area contributed by atoms with Crippen molar-refractivity contribution in [2.75, 3.05) is 0 Å². The summed E-state index contributed by atoms with van der Waals surface area (Å²) in [5.41, 5.74) is 1.29. The van der Waals surface area contributed by atoms with Crippen LogP contribution in [0.15, 0.2) is 54.6 Å². The van der Waals surface area contributed by atoms with Crippen LogP contribution in [0.3, 0.4) is 0 Å². The first-order valence-electron chi connectivity index (χ1n) is 6.45. The van der Waals surface area contributed by atoms with E-state index in [4.69, 9.17) is 21.4 Å². The minimum Gasteiger partial charge on any atom is -0.478 e. The summed E-state index contributed by atoms with van der Waals surface area (Å²) in [4.78, 5) is 22.1. The molecule has 0 aromatic heterocycles. The van der Waals surface area contributed by atoms with Crippen LogP contribution < -0.4 is 4.74 Å². The fourth-order valence-electron chi connectivity index (χ4n) is 1.75. The van der Waals surface area contributed by atoms with Gasteiger partial charge < -0.3 is 9.84 Å². The van der Waals surface area contributed by atoms with Gasteiger partial charge in [-0.05, 0) is 61.0 Å². The van der Waals surface area contributed by atoms with Crippen molar-refractivity contribution >= 4 is 23.4 Å². The summed E-state index contributed by atoms with van der Waals surface area (Å²) in [5.74, 6) is -0.324. The third-order valence-electron chi connectivity index (χ3n) is 2.88. The van der Waals surface area contributed by atoms with Crippen LogP contribution in [0.25, 0.3) is 0 Å². The zero-order valence-electron chi connectivity index (χ0n) is 11.7. The molecule has 112 valence electrons. The quantitative estimate of drug-likeness (QED) is 0.661. The van der Waals surface area contributed by atoms with E-state index < -0.39 is 5.97 Å². The smallest absolute Gasteiger partial charge is 0.328 e. The standard InChI is InChI=1S/C17H13ClO4/c1-11-10-14(6-7-15(11)18)22-13-4-2-12(3-5-13)16(19)8-9-17(20)21/h2-10H,1H3,(H,20,21). The predicted octanol–water partition coefficient (Wildman–Crippen LogP) is 4.26. The van der Waals surface area contributed by atoms with E-state index in [2.05, 4.69) is 0 Å². The second-order valence-corrected chi connectivity index (χ2v) is 4.98. The van der Waals surface area contributed by atoms with Crippen molar-refractivity contribution in [1.82, 2.24) is 0 Å². The highest BCUT2D eigenvalue weighted by atomic mass is 35.5. The van der Waals surface area contributed by atoms with Crippen LogP contribution in [0, 0.1) is 6.92 Å². The molecule has 0 aliphatic rings. The van der Waals surface area contributed by atoms with Crippen LogP contribution in [0.4, 0.5) is 0 Å². The van der Waals surface area contributed by atoms with E-state index in [1.165, 1.54) is 0 Å². The first kappa shape index (κ1) is 15.8. The van der Waals surface area contributed by atoms with Gasteiger partial charge in [0.05, 0.1) is 0 Å². The lowest BCUT2D eigenvalue weighted by atomic mass is 10.1. The van der Waals surface area contributed by atoms with Gasteiger partial charge in [0.1, 0.15) is 11.5 Å². The highest BCUT2D eigenvalue weighted by Crippen LogP contribution is 2.26. The van der Waals surface area contributed by atoms with E-state index in [1.807, 2.05) is 13.0 Å². The number of hydrogen-bond donors (Lipinski definition) is 1. The summed E-state index contributed by atoms with van der Waals surface area (Å²) in [6.07, 6.45) is 1.82. The van der Waals surface area contributed by atoms with Gasteiger partial charge in [-0.15, -0.1) is 0 Å². The second-order valence-electron chi connectivity index (χ2n) is 4.57. The molecular formula is C17H13ClO4. The van der Waals surface area contributed by atoms with Crippen LogP contribution in [-0.2, 0) is 4.79 Å². The molecular weight excluding hydrogens is 304 g/mol. The summed E-state index contributed by atoms with van der Waals surface area (Å²) in [7, 11) is 0. The van der Waals surface area contributed by atoms with Gasteiger partial charge in [0.15, 0.2) is 5.78 Å². The Balaban J connectivity index is 2.10. The molecule has 0 saturated carbocycles. The molecule has 5 heteroatoms. The van der Waals surface area contributed by atoms with Crippen LogP contribution >= 0.6 is 11.6 Å². The molecule has 0 radical (unpaired) electrons. The Morgan fingerprint density at radius 2 is 1.68 bits per heavy atom. The number of halogens is 1. The van der Waals surface area contributed by atoms with Gasteiger partial charge in [-0.3, -0.25) is 4.79 Å². The molecule has 0 heterocycles. The van der Waals surface area contributed by atoms with Gasteiger partial charge in [-0.25, -0.2) is 4.79 Å². The number of carboxylic acid groups (broad SMARTS) is 1. The number of rotatable bonds is 5. The normalized spacial score (nSPS) is 10.6. The maximum atomic E-state index is 11.7. The number of benzene rings is 2. The average Bonchev–Trinajstić information content (AvgIpc) is 2.49. The highest BCUT2D eigenvalue weighted by molar-refractivity contribution is 6.31. The number of ketones is 1. The van der Waals surface area contributed by atoms with E-state index in [1.54, 1.807) is 36.4 Å². The van der Waals surface area contributed by atoms with Crippen LogP contribution in [-0.4, -0.2) is 16.9 Å². The highest BCUT2D eigenvalue weighted by Gasteiger charge is 2.04. The number of carbonyl (C=O) groups is 2. The van der Waals surface area contributed by atoms with Crippen molar-refractivity contribution in [1.29, 1.82) is 0 Å². The lowest BCUT2D eigenvalue weighted by molar-refractivity contribution is -0.131. The molecule has 0 aliphatic carbocycles. The number of ether oxygens (including phenoxy) is 1. The molecule has 0 amide bonds. The lowest BCUT2D eigenvalue weighted by Gasteiger charge is -2.07. The average molecular weight is 317 g/mol. The Kier molecular flexibility index (Phi) is 4.96. The van der Waals surface area contributed by atoms with Crippen LogP contribution in [0.5, 0.6) is 11.5 Å². The van der Waals surface area contributed by atoms with Crippen molar-refractivity contribution in [3.05, 3.63) is 70.8 Å². The molecule has 0 bridgehead atoms. The maximum absolute atomic E-state index is 11.7. The molecule has 0 saturated heterocycles. The Morgan fingerprint density at radius 3 is 2.27 bits per heavy atom. The molecule has 2 aromatic carbocycles. The Morgan fingerprint density at radius 1 is 1.05 bits per heavy atom. The zero-order chi connectivity index (χ0) is 16.1. The number of aliphatic carboxylic acids is 1. The minimum absolute atomic E-state index is 0.378. The third-order valence-corrected chi connectivity index (χ3v) is 3.31. The first-order valence-corrected chi connectivity index (χ1v) is 6.83. The SMILES string of the molecule is Cc1cc(Oc2ccc(C(=O)C=CC(=O)O)cc2)ccc1Cl. The molecule has 0 atom stereocenters. The molecule has 0 aliphatic heterocycles. The van der Waals surface area contributed by atoms with Crippen molar-refractivity contribution in [3.63, 3.8) is 0 Å². The summed E-state index contributed by atoms with van der Waals surface area (Å²) in [6.45, 7) is 1.88. The summed E-state index contributed by atoms with van der Waals surface area (Å²) in [6, 6.07) is 11.8. The van der Waals surface area contributed by atoms with Crippen molar-refractivity contribution in [3.8, 4) is 11.5 Å². The second kappa shape index (κ2) is 6.91. The summed E-state index contributed by atoms with van der Waals surface area (Å²) < 4.78 is 5.67. The molecule has 2 aromatic rings. The van der Waals surface area contributed by atoms with Crippen LogP contribution in [0.1, 0.15) is 15.9 Å². The molecule has 22 heavy (non-hydrogen) atoms.